The predicted octanol–water partition coefficient (Wildman–Crippen LogP) is -1.60. The van der Waals surface area contributed by atoms with Crippen molar-refractivity contribution in [1.82, 2.24) is 0 Å². The van der Waals surface area contributed by atoms with Crippen molar-refractivity contribution in [3.05, 3.63) is 82.5 Å². The Morgan fingerprint density at radius 2 is 1.25 bits per heavy atom. The van der Waals surface area contributed by atoms with Crippen molar-refractivity contribution in [1.29, 1.82) is 0 Å². The van der Waals surface area contributed by atoms with Gasteiger partial charge in [-0.2, -0.15) is 0 Å². The number of benzene rings is 3. The number of carbonyl (C=O) groups is 1. The monoisotopic (exact) mass is 902 g/mol. The molecule has 346 valence electrons. The third-order valence-corrected chi connectivity index (χ3v) is 10.8. The zero-order valence-corrected chi connectivity index (χ0v) is 33.5. The number of ether oxygens (including phenoxy) is 7. The van der Waals surface area contributed by atoms with E-state index >= 15 is 0 Å². The van der Waals surface area contributed by atoms with E-state index in [1.807, 2.05) is 0 Å². The van der Waals surface area contributed by atoms with Crippen LogP contribution >= 0.6 is 0 Å². The fourth-order valence-electron chi connectivity index (χ4n) is 7.29. The number of aliphatic hydroxyl groups is 8. The minimum absolute atomic E-state index is 0.000787. The van der Waals surface area contributed by atoms with Crippen LogP contribution in [0, 0.1) is 0 Å². The van der Waals surface area contributed by atoms with Gasteiger partial charge in [-0.05, 0) is 55.0 Å². The fraction of sp³-hybridized carbons (Fsp3) is 0.429. The van der Waals surface area contributed by atoms with Gasteiger partial charge in [0.1, 0.15) is 102 Å². The first-order valence-corrected chi connectivity index (χ1v) is 19.7. The summed E-state index contributed by atoms with van der Waals surface area (Å²) in [7, 11) is 0. The summed E-state index contributed by atoms with van der Waals surface area (Å²) in [6, 6.07) is 12.9. The van der Waals surface area contributed by atoms with Gasteiger partial charge in [0.15, 0.2) is 24.4 Å². The van der Waals surface area contributed by atoms with Crippen molar-refractivity contribution in [2.24, 2.45) is 0 Å². The summed E-state index contributed by atoms with van der Waals surface area (Å²) < 4.78 is 46.8. The van der Waals surface area contributed by atoms with Gasteiger partial charge in [0.05, 0.1) is 12.7 Å². The molecular formula is C42H46O22. The van der Waals surface area contributed by atoms with E-state index in [2.05, 4.69) is 0 Å². The maximum atomic E-state index is 14.3. The summed E-state index contributed by atoms with van der Waals surface area (Å²) in [6.07, 6.45) is -25.5. The largest absolute Gasteiger partial charge is 0.508 e. The van der Waals surface area contributed by atoms with E-state index in [4.69, 9.17) is 37.6 Å². The van der Waals surface area contributed by atoms with E-state index in [0.29, 0.717) is 5.56 Å². The smallest absolute Gasteiger partial charge is 0.330 e. The quantitative estimate of drug-likeness (QED) is 0.0563. The second kappa shape index (κ2) is 19.3. The zero-order chi connectivity index (χ0) is 46.1. The number of phenolic OH excluding ortho intramolecular Hbond substituents is 4. The lowest BCUT2D eigenvalue weighted by Gasteiger charge is -2.48. The normalized spacial score (nSPS) is 33.3. The van der Waals surface area contributed by atoms with Gasteiger partial charge in [-0.3, -0.25) is 4.79 Å². The van der Waals surface area contributed by atoms with Crippen LogP contribution in [0.3, 0.4) is 0 Å². The summed E-state index contributed by atoms with van der Waals surface area (Å²) >= 11 is 0. The molecule has 0 spiro atoms. The molecule has 3 aliphatic rings. The number of carbonyl (C=O) groups excluding carboxylic acids is 1. The molecule has 15 atom stereocenters. The average molecular weight is 903 g/mol. The summed E-state index contributed by atoms with van der Waals surface area (Å²) in [5.41, 5.74) is -0.725. The first-order chi connectivity index (χ1) is 30.4. The van der Waals surface area contributed by atoms with Crippen LogP contribution in [0.25, 0.3) is 28.4 Å². The van der Waals surface area contributed by atoms with Crippen molar-refractivity contribution in [2.75, 3.05) is 13.2 Å². The first kappa shape index (κ1) is 46.5. The van der Waals surface area contributed by atoms with Crippen LogP contribution in [-0.4, -0.2) is 173 Å². The molecule has 0 radical (unpaired) electrons. The molecule has 1 aromatic heterocycles. The van der Waals surface area contributed by atoms with Gasteiger partial charge >= 0.3 is 5.97 Å². The topological polar surface area (TPSA) is 355 Å². The number of aliphatic hydroxyl groups excluding tert-OH is 8. The molecule has 3 fully saturated rings. The Morgan fingerprint density at radius 1 is 0.672 bits per heavy atom. The molecule has 3 saturated heterocycles. The number of fused-ring (bicyclic) bond motifs is 1. The Morgan fingerprint density at radius 3 is 1.88 bits per heavy atom. The zero-order valence-electron chi connectivity index (χ0n) is 33.5. The number of hydrogen-bond acceptors (Lipinski definition) is 22. The standard InChI is InChI=1S/C42H46O22/c1-16-28(49)37(62-41-35(56)33(54)30(51)25(61-41)15-57-26(48)11-4-17-2-7-19(44)8-3-17)39(64-40-34(55)32(53)29(50)24(14-43)60-40)42(58-16)63-38-31(52)27-22(47)12-21(46)13-23(27)59-36(38)18-5-9-20(45)10-6-18/h2-13,16,24-25,28-30,32-35,37,39-47,49-51,53-56H,14-15H2,1H3/t16-,24+,25+,28-,29+,30+,32-,33-,34+,35+,37+,39+,40-,41-,42-/m0/s1. The lowest BCUT2D eigenvalue weighted by molar-refractivity contribution is -0.382. The fourth-order valence-corrected chi connectivity index (χ4v) is 7.29. The van der Waals surface area contributed by atoms with Crippen molar-refractivity contribution < 1.29 is 104 Å². The molecule has 4 aromatic rings. The Kier molecular flexibility index (Phi) is 14.1. The third-order valence-electron chi connectivity index (χ3n) is 10.8. The highest BCUT2D eigenvalue weighted by Gasteiger charge is 2.54. The van der Waals surface area contributed by atoms with Crippen LogP contribution in [0.15, 0.2) is 76.0 Å². The van der Waals surface area contributed by atoms with Crippen molar-refractivity contribution >= 4 is 23.0 Å². The van der Waals surface area contributed by atoms with E-state index in [9.17, 15) is 70.9 Å². The van der Waals surface area contributed by atoms with Crippen molar-refractivity contribution in [3.63, 3.8) is 0 Å². The highest BCUT2D eigenvalue weighted by Crippen LogP contribution is 2.39. The van der Waals surface area contributed by atoms with E-state index in [1.54, 1.807) is 0 Å². The molecular weight excluding hydrogens is 856 g/mol. The van der Waals surface area contributed by atoms with Crippen LogP contribution in [0.2, 0.25) is 0 Å². The predicted molar refractivity (Wildman–Crippen MR) is 212 cm³/mol. The van der Waals surface area contributed by atoms with Crippen LogP contribution in [0.4, 0.5) is 0 Å². The minimum Gasteiger partial charge on any atom is -0.508 e. The van der Waals surface area contributed by atoms with Crippen LogP contribution in [-0.2, 0) is 33.2 Å². The van der Waals surface area contributed by atoms with Gasteiger partial charge < -0.3 is 98.9 Å². The summed E-state index contributed by atoms with van der Waals surface area (Å²) in [4.78, 5) is 26.9. The van der Waals surface area contributed by atoms with Crippen molar-refractivity contribution in [2.45, 2.75) is 99.0 Å². The molecule has 22 nitrogen and oxygen atoms in total. The number of phenols is 4. The lowest BCUT2D eigenvalue weighted by atomic mass is 9.96. The maximum Gasteiger partial charge on any atom is 0.330 e. The first-order valence-electron chi connectivity index (χ1n) is 19.7. The van der Waals surface area contributed by atoms with Gasteiger partial charge in [0, 0.05) is 23.8 Å². The van der Waals surface area contributed by atoms with E-state index in [-0.39, 0.29) is 28.4 Å². The Bertz CT molecular complexity index is 2330. The molecule has 3 aromatic carbocycles. The molecule has 22 heteroatoms. The minimum atomic E-state index is -2.08. The van der Waals surface area contributed by atoms with Crippen LogP contribution < -0.4 is 10.2 Å². The molecule has 0 bridgehead atoms. The Hall–Kier alpha value is -5.44. The van der Waals surface area contributed by atoms with Crippen LogP contribution in [0.1, 0.15) is 12.5 Å². The molecule has 4 heterocycles. The number of hydrogen-bond donors (Lipinski definition) is 12. The van der Waals surface area contributed by atoms with E-state index in [1.165, 1.54) is 61.5 Å². The van der Waals surface area contributed by atoms with E-state index < -0.39 is 139 Å². The molecule has 64 heavy (non-hydrogen) atoms. The molecule has 0 unspecified atom stereocenters. The summed E-state index contributed by atoms with van der Waals surface area (Å²) in [5.74, 6) is -3.35. The van der Waals surface area contributed by atoms with Crippen molar-refractivity contribution in [3.8, 4) is 40.1 Å². The molecule has 7 rings (SSSR count). The number of rotatable bonds is 12. The van der Waals surface area contributed by atoms with Gasteiger partial charge in [0.25, 0.3) is 0 Å². The Labute approximate surface area is 361 Å². The third kappa shape index (κ3) is 9.64. The molecule has 0 saturated carbocycles. The molecule has 0 aliphatic carbocycles. The highest BCUT2D eigenvalue weighted by atomic mass is 16.8. The Balaban J connectivity index is 1.23. The van der Waals surface area contributed by atoms with E-state index in [0.717, 1.165) is 18.2 Å². The van der Waals surface area contributed by atoms with Gasteiger partial charge in [-0.25, -0.2) is 4.79 Å². The highest BCUT2D eigenvalue weighted by molar-refractivity contribution is 5.88. The second-order valence-corrected chi connectivity index (χ2v) is 15.3. The molecule has 3 aliphatic heterocycles. The SMILES string of the molecule is C[C@@H]1O[C@@H](Oc2c(-c3ccc(O)cc3)oc3cc(O)cc(O)c3c2=O)[C@H](O[C@@H]2O[C@H](CO)[C@@H](O)[C@H](O)[C@H]2O)[C@H](O[C@@H]2O[C@H](COC(=O)C=Cc3ccc(O)cc3)[C@@H](O)[C@H](O)[C@H]2O)[C@H]1O. The summed E-state index contributed by atoms with van der Waals surface area (Å²) in [6.45, 7) is -0.278. The van der Waals surface area contributed by atoms with Gasteiger partial charge in [0.2, 0.25) is 17.5 Å². The summed E-state index contributed by atoms with van der Waals surface area (Å²) in [5, 5.41) is 126. The molecule has 12 N–H and O–H groups in total. The number of aromatic hydroxyl groups is 4. The maximum absolute atomic E-state index is 14.3. The second-order valence-electron chi connectivity index (χ2n) is 15.3. The van der Waals surface area contributed by atoms with Crippen LogP contribution in [0.5, 0.6) is 28.7 Å². The average Bonchev–Trinajstić information content (AvgIpc) is 3.26. The molecule has 0 amide bonds. The lowest BCUT2D eigenvalue weighted by Crippen LogP contribution is -2.67. The van der Waals surface area contributed by atoms with Gasteiger partial charge in [-0.1, -0.05) is 12.1 Å². The number of esters is 1. The van der Waals surface area contributed by atoms with Gasteiger partial charge in [-0.15, -0.1) is 0 Å².